The summed E-state index contributed by atoms with van der Waals surface area (Å²) in [7, 11) is 0. The van der Waals surface area contributed by atoms with Crippen molar-refractivity contribution in [3.63, 3.8) is 0 Å². The third-order valence-electron chi connectivity index (χ3n) is 4.76. The number of rotatable bonds is 3. The lowest BCUT2D eigenvalue weighted by Crippen LogP contribution is -2.37. The van der Waals surface area contributed by atoms with Crippen molar-refractivity contribution in [2.45, 2.75) is 44.6 Å². The molecular weight excluding hydrogens is 286 g/mol. The van der Waals surface area contributed by atoms with Crippen LogP contribution in [0, 0.1) is 5.92 Å². The number of benzene rings is 1. The zero-order valence-electron chi connectivity index (χ0n) is 11.1. The van der Waals surface area contributed by atoms with Crippen LogP contribution in [0.5, 0.6) is 0 Å². The Hall–Kier alpha value is -0.340. The van der Waals surface area contributed by atoms with Crippen molar-refractivity contribution >= 4 is 15.9 Å². The minimum atomic E-state index is 0.820. The largest absolute Gasteiger partial charge is 0.300 e. The first kappa shape index (κ1) is 12.7. The number of halogens is 1. The zero-order valence-corrected chi connectivity index (χ0v) is 12.7. The first-order valence-corrected chi connectivity index (χ1v) is 8.01. The molecule has 1 heterocycles. The molecule has 0 N–H and O–H groups in total. The Morgan fingerprint density at radius 1 is 1.22 bits per heavy atom. The lowest BCUT2D eigenvalue weighted by molar-refractivity contribution is 0.154. The van der Waals surface area contributed by atoms with Gasteiger partial charge in [-0.05, 0) is 68.7 Å². The van der Waals surface area contributed by atoms with E-state index in [1.807, 2.05) is 0 Å². The number of likely N-dealkylation sites (tertiary alicyclic amines) is 1. The van der Waals surface area contributed by atoms with E-state index in [0.717, 1.165) is 17.9 Å². The molecule has 2 heteroatoms. The van der Waals surface area contributed by atoms with E-state index in [9.17, 15) is 0 Å². The molecule has 2 aliphatic rings. The molecule has 1 nitrogen and oxygen atoms in total. The monoisotopic (exact) mass is 307 g/mol. The maximum Gasteiger partial charge on any atom is 0.0175 e. The quantitative estimate of drug-likeness (QED) is 0.798. The second-order valence-corrected chi connectivity index (χ2v) is 6.99. The molecule has 0 unspecified atom stereocenters. The maximum atomic E-state index is 3.50. The average Bonchev–Trinajstić information content (AvgIpc) is 2.71. The van der Waals surface area contributed by atoms with E-state index in [4.69, 9.17) is 0 Å². The van der Waals surface area contributed by atoms with Gasteiger partial charge in [0.05, 0.1) is 0 Å². The van der Waals surface area contributed by atoms with Gasteiger partial charge >= 0.3 is 0 Å². The molecule has 0 bridgehead atoms. The van der Waals surface area contributed by atoms with Crippen LogP contribution in [0.25, 0.3) is 0 Å². The Morgan fingerprint density at radius 3 is 2.56 bits per heavy atom. The molecule has 1 aromatic carbocycles. The van der Waals surface area contributed by atoms with Crippen LogP contribution in [-0.4, -0.2) is 24.0 Å². The van der Waals surface area contributed by atoms with Crippen LogP contribution in [0.15, 0.2) is 28.7 Å². The topological polar surface area (TPSA) is 3.24 Å². The summed E-state index contributed by atoms with van der Waals surface area (Å²) in [5.41, 5.74) is 1.53. The van der Waals surface area contributed by atoms with Crippen LogP contribution < -0.4 is 0 Å². The van der Waals surface area contributed by atoms with Crippen LogP contribution in [0.1, 0.15) is 44.1 Å². The molecule has 0 spiro atoms. The van der Waals surface area contributed by atoms with E-state index in [2.05, 4.69) is 52.0 Å². The summed E-state index contributed by atoms with van der Waals surface area (Å²) < 4.78 is 1.19. The van der Waals surface area contributed by atoms with Gasteiger partial charge in [0.2, 0.25) is 0 Å². The molecule has 1 saturated carbocycles. The van der Waals surface area contributed by atoms with E-state index >= 15 is 0 Å². The van der Waals surface area contributed by atoms with Crippen molar-refractivity contribution in [1.82, 2.24) is 4.90 Å². The summed E-state index contributed by atoms with van der Waals surface area (Å²) in [6.07, 6.45) is 5.60. The van der Waals surface area contributed by atoms with Gasteiger partial charge in [0.25, 0.3) is 0 Å². The minimum Gasteiger partial charge on any atom is -0.300 e. The summed E-state index contributed by atoms with van der Waals surface area (Å²) in [5.74, 6) is 1.76. The fourth-order valence-electron chi connectivity index (χ4n) is 3.49. The van der Waals surface area contributed by atoms with Crippen LogP contribution >= 0.6 is 15.9 Å². The predicted octanol–water partition coefficient (Wildman–Crippen LogP) is 4.43. The normalized spacial score (nSPS) is 32.4. The molecule has 1 aliphatic carbocycles. The molecule has 3 rings (SSSR count). The van der Waals surface area contributed by atoms with Crippen molar-refractivity contribution in [1.29, 1.82) is 0 Å². The van der Waals surface area contributed by atoms with E-state index in [1.54, 1.807) is 0 Å². The van der Waals surface area contributed by atoms with Gasteiger partial charge in [-0.3, -0.25) is 0 Å². The molecule has 1 aliphatic heterocycles. The van der Waals surface area contributed by atoms with E-state index in [-0.39, 0.29) is 0 Å². The van der Waals surface area contributed by atoms with Crippen molar-refractivity contribution in [3.8, 4) is 0 Å². The molecular formula is C16H22BrN. The second-order valence-electron chi connectivity index (χ2n) is 6.07. The highest BCUT2D eigenvalue weighted by Gasteiger charge is 2.33. The standard InChI is InChI=1S/C16H22BrN/c1-12-3-2-8-18(12)11-13-9-15(10-13)14-4-6-16(17)7-5-14/h4-7,12-13,15H,2-3,8-11H2,1H3/t12-,13-,15+/m1/s1. The Morgan fingerprint density at radius 2 is 1.94 bits per heavy atom. The highest BCUT2D eigenvalue weighted by Crippen LogP contribution is 2.42. The second kappa shape index (κ2) is 5.34. The van der Waals surface area contributed by atoms with Gasteiger partial charge in [-0.15, -0.1) is 0 Å². The van der Waals surface area contributed by atoms with Gasteiger partial charge in [0, 0.05) is 17.1 Å². The van der Waals surface area contributed by atoms with Crippen molar-refractivity contribution in [3.05, 3.63) is 34.3 Å². The van der Waals surface area contributed by atoms with Gasteiger partial charge in [0.1, 0.15) is 0 Å². The molecule has 0 amide bonds. The van der Waals surface area contributed by atoms with Crippen molar-refractivity contribution < 1.29 is 0 Å². The Bertz CT molecular complexity index is 394. The summed E-state index contributed by atoms with van der Waals surface area (Å²) in [6, 6.07) is 9.74. The summed E-state index contributed by atoms with van der Waals surface area (Å²) in [4.78, 5) is 2.70. The minimum absolute atomic E-state index is 0.820. The lowest BCUT2D eigenvalue weighted by atomic mass is 9.71. The third-order valence-corrected chi connectivity index (χ3v) is 5.29. The third kappa shape index (κ3) is 2.65. The first-order valence-electron chi connectivity index (χ1n) is 7.22. The summed E-state index contributed by atoms with van der Waals surface area (Å²) in [5, 5.41) is 0. The molecule has 18 heavy (non-hydrogen) atoms. The van der Waals surface area contributed by atoms with Gasteiger partial charge in [0.15, 0.2) is 0 Å². The van der Waals surface area contributed by atoms with Crippen LogP contribution in [-0.2, 0) is 0 Å². The van der Waals surface area contributed by atoms with Crippen LogP contribution in [0.4, 0.5) is 0 Å². The number of hydrogen-bond donors (Lipinski definition) is 0. The number of nitrogens with zero attached hydrogens (tertiary/aromatic N) is 1. The smallest absolute Gasteiger partial charge is 0.0175 e. The average molecular weight is 308 g/mol. The van der Waals surface area contributed by atoms with Crippen molar-refractivity contribution in [2.75, 3.05) is 13.1 Å². The molecule has 0 aromatic heterocycles. The van der Waals surface area contributed by atoms with Gasteiger partial charge in [-0.25, -0.2) is 0 Å². The number of hydrogen-bond acceptors (Lipinski definition) is 1. The van der Waals surface area contributed by atoms with Crippen LogP contribution in [0.2, 0.25) is 0 Å². The molecule has 98 valence electrons. The summed E-state index contributed by atoms with van der Waals surface area (Å²) >= 11 is 3.50. The lowest BCUT2D eigenvalue weighted by Gasteiger charge is -2.39. The fraction of sp³-hybridized carbons (Fsp3) is 0.625. The van der Waals surface area contributed by atoms with Crippen molar-refractivity contribution in [2.24, 2.45) is 5.92 Å². The fourth-order valence-corrected chi connectivity index (χ4v) is 3.75. The van der Waals surface area contributed by atoms with E-state index in [0.29, 0.717) is 0 Å². The molecule has 1 saturated heterocycles. The van der Waals surface area contributed by atoms with Gasteiger partial charge < -0.3 is 4.90 Å². The van der Waals surface area contributed by atoms with Gasteiger partial charge in [-0.2, -0.15) is 0 Å². The SMILES string of the molecule is C[C@@H]1CCCN1C[C@H]1C[C@@H](c2ccc(Br)cc2)C1. The Labute approximate surface area is 119 Å². The molecule has 2 fully saturated rings. The maximum absolute atomic E-state index is 3.50. The predicted molar refractivity (Wildman–Crippen MR) is 79.9 cm³/mol. The molecule has 0 radical (unpaired) electrons. The van der Waals surface area contributed by atoms with Gasteiger partial charge in [-0.1, -0.05) is 28.1 Å². The highest BCUT2D eigenvalue weighted by atomic mass is 79.9. The van der Waals surface area contributed by atoms with E-state index in [1.165, 1.54) is 48.8 Å². The zero-order chi connectivity index (χ0) is 12.5. The molecule has 1 aromatic rings. The first-order chi connectivity index (χ1) is 8.72. The Balaban J connectivity index is 1.49. The van der Waals surface area contributed by atoms with Crippen LogP contribution in [0.3, 0.4) is 0 Å². The Kier molecular flexibility index (Phi) is 3.76. The molecule has 1 atom stereocenters. The van der Waals surface area contributed by atoms with E-state index < -0.39 is 0 Å². The highest BCUT2D eigenvalue weighted by molar-refractivity contribution is 9.10. The summed E-state index contributed by atoms with van der Waals surface area (Å²) in [6.45, 7) is 5.06.